The van der Waals surface area contributed by atoms with Gasteiger partial charge in [-0.05, 0) is 52.9 Å². The van der Waals surface area contributed by atoms with Gasteiger partial charge in [-0.2, -0.15) is 0 Å². The summed E-state index contributed by atoms with van der Waals surface area (Å²) in [7, 11) is -0.0875. The Kier molecular flexibility index (Phi) is 3.57. The first kappa shape index (κ1) is 13.6. The van der Waals surface area contributed by atoms with Crippen LogP contribution in [-0.4, -0.2) is 18.3 Å². The summed E-state index contributed by atoms with van der Waals surface area (Å²) in [6.45, 7) is 10.5. The van der Waals surface area contributed by atoms with Crippen molar-refractivity contribution in [3.63, 3.8) is 0 Å². The van der Waals surface area contributed by atoms with E-state index in [1.807, 2.05) is 0 Å². The first-order chi connectivity index (χ1) is 8.30. The van der Waals surface area contributed by atoms with Crippen LogP contribution in [0.5, 0.6) is 0 Å². The Morgan fingerprint density at radius 3 is 2.22 bits per heavy atom. The Balaban J connectivity index is 1.93. The van der Waals surface area contributed by atoms with Gasteiger partial charge >= 0.3 is 7.12 Å². The van der Waals surface area contributed by atoms with Crippen LogP contribution in [-0.2, 0) is 15.7 Å². The van der Waals surface area contributed by atoms with Crippen molar-refractivity contribution in [1.82, 2.24) is 0 Å². The second-order valence-electron chi connectivity index (χ2n) is 6.21. The summed E-state index contributed by atoms with van der Waals surface area (Å²) in [5, 5.41) is 0. The second kappa shape index (κ2) is 4.71. The molecule has 1 aromatic rings. The molecule has 0 amide bonds. The van der Waals surface area contributed by atoms with Crippen molar-refractivity contribution in [2.24, 2.45) is 0 Å². The molecule has 0 spiro atoms. The second-order valence-corrected chi connectivity index (χ2v) is 6.21. The molecule has 0 aliphatic carbocycles. The lowest BCUT2D eigenvalue weighted by molar-refractivity contribution is 0.00578. The molecular formula is C15H23BO2. The first-order valence-electron chi connectivity index (χ1n) is 6.71. The van der Waals surface area contributed by atoms with Crippen LogP contribution in [0, 0.1) is 6.92 Å². The summed E-state index contributed by atoms with van der Waals surface area (Å²) in [5.74, 6) is 0. The highest BCUT2D eigenvalue weighted by Gasteiger charge is 2.50. The molecule has 1 saturated heterocycles. The topological polar surface area (TPSA) is 18.5 Å². The summed E-state index contributed by atoms with van der Waals surface area (Å²) < 4.78 is 12.0. The average molecular weight is 246 g/mol. The molecule has 0 atom stereocenters. The van der Waals surface area contributed by atoms with Crippen molar-refractivity contribution in [3.05, 3.63) is 35.4 Å². The molecular weight excluding hydrogens is 223 g/mol. The molecule has 2 rings (SSSR count). The summed E-state index contributed by atoms with van der Waals surface area (Å²) in [6.07, 6.45) is 1.91. The van der Waals surface area contributed by atoms with Gasteiger partial charge in [-0.3, -0.25) is 0 Å². The normalized spacial score (nSPS) is 21.3. The fourth-order valence-electron chi connectivity index (χ4n) is 2.24. The van der Waals surface area contributed by atoms with E-state index < -0.39 is 0 Å². The van der Waals surface area contributed by atoms with E-state index in [9.17, 15) is 0 Å². The van der Waals surface area contributed by atoms with Crippen molar-refractivity contribution < 1.29 is 9.31 Å². The molecule has 1 fully saturated rings. The minimum absolute atomic E-state index is 0.0875. The molecule has 0 bridgehead atoms. The summed E-state index contributed by atoms with van der Waals surface area (Å²) in [6, 6.07) is 8.62. The van der Waals surface area contributed by atoms with E-state index in [2.05, 4.69) is 58.9 Å². The number of aryl methyl sites for hydroxylation is 2. The monoisotopic (exact) mass is 246 g/mol. The maximum Gasteiger partial charge on any atom is 0.458 e. The highest BCUT2D eigenvalue weighted by atomic mass is 16.7. The summed E-state index contributed by atoms with van der Waals surface area (Å²) >= 11 is 0. The molecule has 0 radical (unpaired) electrons. The van der Waals surface area contributed by atoms with Gasteiger partial charge in [0.15, 0.2) is 0 Å². The standard InChI is InChI=1S/C15H23BO2/c1-12-7-6-8-13(11-12)9-10-16-17-14(2,3)15(4,5)18-16/h6-8,11H,9-10H2,1-5H3. The molecule has 1 heterocycles. The van der Waals surface area contributed by atoms with Crippen molar-refractivity contribution in [1.29, 1.82) is 0 Å². The quantitative estimate of drug-likeness (QED) is 0.758. The van der Waals surface area contributed by atoms with Crippen LogP contribution in [0.25, 0.3) is 0 Å². The van der Waals surface area contributed by atoms with Gasteiger partial charge in [-0.15, -0.1) is 0 Å². The Bertz CT molecular complexity index is 410. The molecule has 1 aromatic carbocycles. The predicted molar refractivity (Wildman–Crippen MR) is 75.8 cm³/mol. The van der Waals surface area contributed by atoms with E-state index in [0.717, 1.165) is 12.7 Å². The van der Waals surface area contributed by atoms with E-state index in [0.29, 0.717) is 0 Å². The van der Waals surface area contributed by atoms with Gasteiger partial charge in [0.25, 0.3) is 0 Å². The molecule has 98 valence electrons. The van der Waals surface area contributed by atoms with Gasteiger partial charge < -0.3 is 9.31 Å². The zero-order valence-corrected chi connectivity index (χ0v) is 12.1. The maximum atomic E-state index is 5.99. The van der Waals surface area contributed by atoms with E-state index in [1.54, 1.807) is 0 Å². The fraction of sp³-hybridized carbons (Fsp3) is 0.600. The van der Waals surface area contributed by atoms with Gasteiger partial charge in [0.05, 0.1) is 11.2 Å². The molecule has 18 heavy (non-hydrogen) atoms. The Morgan fingerprint density at radius 2 is 1.67 bits per heavy atom. The minimum atomic E-state index is -0.218. The van der Waals surface area contributed by atoms with E-state index >= 15 is 0 Å². The van der Waals surface area contributed by atoms with Crippen molar-refractivity contribution in [2.75, 3.05) is 0 Å². The minimum Gasteiger partial charge on any atom is -0.403 e. The molecule has 3 heteroatoms. The maximum absolute atomic E-state index is 5.99. The van der Waals surface area contributed by atoms with Crippen molar-refractivity contribution in [3.8, 4) is 0 Å². The van der Waals surface area contributed by atoms with Gasteiger partial charge in [-0.25, -0.2) is 0 Å². The van der Waals surface area contributed by atoms with Crippen molar-refractivity contribution in [2.45, 2.75) is 58.6 Å². The lowest BCUT2D eigenvalue weighted by atomic mass is 9.81. The Labute approximate surface area is 111 Å². The fourth-order valence-corrected chi connectivity index (χ4v) is 2.24. The largest absolute Gasteiger partial charge is 0.458 e. The average Bonchev–Trinajstić information content (AvgIpc) is 2.45. The Morgan fingerprint density at radius 1 is 1.06 bits per heavy atom. The third kappa shape index (κ3) is 2.78. The van der Waals surface area contributed by atoms with Crippen LogP contribution in [0.1, 0.15) is 38.8 Å². The molecule has 2 nitrogen and oxygen atoms in total. The van der Waals surface area contributed by atoms with Crippen LogP contribution < -0.4 is 0 Å². The molecule has 0 unspecified atom stereocenters. The molecule has 0 aromatic heterocycles. The Hall–Kier alpha value is -0.795. The van der Waals surface area contributed by atoms with Gasteiger partial charge in [-0.1, -0.05) is 29.8 Å². The van der Waals surface area contributed by atoms with Gasteiger partial charge in [0.1, 0.15) is 0 Å². The lowest BCUT2D eigenvalue weighted by Crippen LogP contribution is -2.41. The smallest absolute Gasteiger partial charge is 0.403 e. The number of hydrogen-bond donors (Lipinski definition) is 0. The molecule has 1 aliphatic rings. The highest BCUT2D eigenvalue weighted by Crippen LogP contribution is 2.37. The molecule has 0 N–H and O–H groups in total. The van der Waals surface area contributed by atoms with E-state index in [4.69, 9.17) is 9.31 Å². The van der Waals surface area contributed by atoms with Crippen LogP contribution in [0.15, 0.2) is 24.3 Å². The third-order valence-electron chi connectivity index (χ3n) is 4.05. The SMILES string of the molecule is Cc1cccc(CCB2OC(C)(C)C(C)(C)O2)c1. The van der Waals surface area contributed by atoms with Gasteiger partial charge in [0, 0.05) is 0 Å². The summed E-state index contributed by atoms with van der Waals surface area (Å²) in [4.78, 5) is 0. The van der Waals surface area contributed by atoms with Gasteiger partial charge in [0.2, 0.25) is 0 Å². The zero-order valence-electron chi connectivity index (χ0n) is 12.1. The van der Waals surface area contributed by atoms with E-state index in [1.165, 1.54) is 11.1 Å². The summed E-state index contributed by atoms with van der Waals surface area (Å²) in [5.41, 5.74) is 2.22. The number of benzene rings is 1. The first-order valence-corrected chi connectivity index (χ1v) is 6.71. The molecule has 1 aliphatic heterocycles. The highest BCUT2D eigenvalue weighted by molar-refractivity contribution is 6.45. The van der Waals surface area contributed by atoms with Crippen molar-refractivity contribution >= 4 is 7.12 Å². The van der Waals surface area contributed by atoms with Crippen LogP contribution >= 0.6 is 0 Å². The van der Waals surface area contributed by atoms with Crippen LogP contribution in [0.2, 0.25) is 6.32 Å². The zero-order chi connectivity index (χ0) is 13.4. The lowest BCUT2D eigenvalue weighted by Gasteiger charge is -2.32. The van der Waals surface area contributed by atoms with E-state index in [-0.39, 0.29) is 18.3 Å². The predicted octanol–water partition coefficient (Wildman–Crippen LogP) is 3.63. The van der Waals surface area contributed by atoms with Crippen LogP contribution in [0.4, 0.5) is 0 Å². The van der Waals surface area contributed by atoms with Crippen LogP contribution in [0.3, 0.4) is 0 Å². The molecule has 0 saturated carbocycles. The third-order valence-corrected chi connectivity index (χ3v) is 4.05. The number of rotatable bonds is 3. The number of hydrogen-bond acceptors (Lipinski definition) is 2.